The van der Waals surface area contributed by atoms with Gasteiger partial charge in [0.2, 0.25) is 5.82 Å². The number of carbonyl (C=O) groups is 2. The lowest BCUT2D eigenvalue weighted by Gasteiger charge is -2.46. The monoisotopic (exact) mass is 520 g/mol. The molecule has 2 aromatic rings. The highest BCUT2D eigenvalue weighted by Gasteiger charge is 2.47. The highest BCUT2D eigenvalue weighted by atomic mass is 35.5. The van der Waals surface area contributed by atoms with E-state index in [1.54, 1.807) is 4.90 Å². The third kappa shape index (κ3) is 5.03. The van der Waals surface area contributed by atoms with Crippen LogP contribution in [0.25, 0.3) is 0 Å². The van der Waals surface area contributed by atoms with Gasteiger partial charge in [-0.1, -0.05) is 11.6 Å². The van der Waals surface area contributed by atoms with E-state index in [1.165, 1.54) is 31.6 Å². The lowest BCUT2D eigenvalue weighted by atomic mass is 9.84. The molecule has 1 aromatic carbocycles. The quantitative estimate of drug-likeness (QED) is 0.568. The van der Waals surface area contributed by atoms with Crippen molar-refractivity contribution < 1.29 is 32.9 Å². The second kappa shape index (κ2) is 9.70. The van der Waals surface area contributed by atoms with Gasteiger partial charge in [0.25, 0.3) is 5.88 Å². The van der Waals surface area contributed by atoms with E-state index in [4.69, 9.17) is 25.8 Å². The summed E-state index contributed by atoms with van der Waals surface area (Å²) in [7, 11) is 1.27. The number of piperidine rings is 1. The molecule has 2 saturated heterocycles. The van der Waals surface area contributed by atoms with E-state index < -0.39 is 11.8 Å². The average molecular weight is 521 g/mol. The highest BCUT2D eigenvalue weighted by Crippen LogP contribution is 2.40. The van der Waals surface area contributed by atoms with E-state index in [9.17, 15) is 9.59 Å². The Balaban J connectivity index is 1.29. The lowest BCUT2D eigenvalue weighted by Crippen LogP contribution is -2.59. The largest absolute Gasteiger partial charge is 0.471 e. The topological polar surface area (TPSA) is 112 Å². The number of aromatic nitrogens is 2. The molecular formula is C24H26ClFN4O6. The Morgan fingerprint density at radius 1 is 1.22 bits per heavy atom. The van der Waals surface area contributed by atoms with Crippen LogP contribution in [-0.2, 0) is 14.2 Å². The van der Waals surface area contributed by atoms with Crippen molar-refractivity contribution in [1.29, 1.82) is 0 Å². The van der Waals surface area contributed by atoms with Crippen LogP contribution in [-0.4, -0.2) is 72.0 Å². The molecule has 2 atom stereocenters. The number of hydrogen-bond acceptors (Lipinski definition) is 9. The summed E-state index contributed by atoms with van der Waals surface area (Å²) in [6.45, 7) is 3.45. The highest BCUT2D eigenvalue weighted by molar-refractivity contribution is 6.33. The van der Waals surface area contributed by atoms with Gasteiger partial charge in [-0.3, -0.25) is 0 Å². The molecule has 36 heavy (non-hydrogen) atoms. The summed E-state index contributed by atoms with van der Waals surface area (Å²) in [5, 5.41) is 3.00. The molecule has 0 spiro atoms. The van der Waals surface area contributed by atoms with Gasteiger partial charge in [-0.2, -0.15) is 9.37 Å². The molecule has 192 valence electrons. The molecule has 2 unspecified atom stereocenters. The number of hydrogen-bond donors (Lipinski definition) is 1. The van der Waals surface area contributed by atoms with Gasteiger partial charge >= 0.3 is 12.1 Å². The van der Waals surface area contributed by atoms with Crippen LogP contribution in [0.1, 0.15) is 30.1 Å². The molecule has 0 radical (unpaired) electrons. The van der Waals surface area contributed by atoms with Crippen molar-refractivity contribution in [3.8, 4) is 5.88 Å². The number of ether oxygens (including phenoxy) is 4. The van der Waals surface area contributed by atoms with Crippen molar-refractivity contribution in [1.82, 2.24) is 14.9 Å². The van der Waals surface area contributed by atoms with Crippen LogP contribution in [0.15, 0.2) is 24.5 Å². The van der Waals surface area contributed by atoms with Gasteiger partial charge in [-0.05, 0) is 38.0 Å². The number of halogens is 2. The second-order valence-electron chi connectivity index (χ2n) is 9.52. The first-order valence-corrected chi connectivity index (χ1v) is 12.0. The third-order valence-corrected chi connectivity index (χ3v) is 7.01. The maximum atomic E-state index is 15.3. The molecule has 12 heteroatoms. The Morgan fingerprint density at radius 2 is 1.94 bits per heavy atom. The van der Waals surface area contributed by atoms with Crippen LogP contribution < -0.4 is 10.1 Å². The predicted octanol–water partition coefficient (Wildman–Crippen LogP) is 3.81. The van der Waals surface area contributed by atoms with Crippen molar-refractivity contribution in [3.63, 3.8) is 0 Å². The summed E-state index contributed by atoms with van der Waals surface area (Å²) in [4.78, 5) is 34.0. The minimum absolute atomic E-state index is 0.132. The summed E-state index contributed by atoms with van der Waals surface area (Å²) in [5.74, 6) is -1.99. The van der Waals surface area contributed by atoms with Crippen molar-refractivity contribution in [3.05, 3.63) is 40.9 Å². The maximum absolute atomic E-state index is 15.3. The summed E-state index contributed by atoms with van der Waals surface area (Å²) in [6.07, 6.45) is 2.21. The summed E-state index contributed by atoms with van der Waals surface area (Å²) in [6, 6.07) is 4.44. The van der Waals surface area contributed by atoms with E-state index in [0.29, 0.717) is 32.0 Å². The maximum Gasteiger partial charge on any atom is 0.410 e. The average Bonchev–Trinajstić information content (AvgIpc) is 3.58. The predicted molar refractivity (Wildman–Crippen MR) is 126 cm³/mol. The Bertz CT molecular complexity index is 1170. The molecule has 3 fully saturated rings. The Morgan fingerprint density at radius 3 is 2.58 bits per heavy atom. The number of fused-ring (bicyclic) bond motifs is 2. The summed E-state index contributed by atoms with van der Waals surface area (Å²) in [5.41, 5.74) is 0.247. The summed E-state index contributed by atoms with van der Waals surface area (Å²) < 4.78 is 37.4. The van der Waals surface area contributed by atoms with E-state index in [2.05, 4.69) is 20.0 Å². The van der Waals surface area contributed by atoms with Gasteiger partial charge in [0, 0.05) is 24.9 Å². The number of nitrogens with zero attached hydrogens (tertiary/aromatic N) is 3. The van der Waals surface area contributed by atoms with Gasteiger partial charge < -0.3 is 29.2 Å². The molecule has 2 bridgehead atoms. The molecule has 1 aliphatic carbocycles. The molecule has 3 aliphatic rings. The zero-order chi connectivity index (χ0) is 25.4. The zero-order valence-electron chi connectivity index (χ0n) is 19.8. The fourth-order valence-electron chi connectivity index (χ4n) is 4.43. The molecule has 1 N–H and O–H groups in total. The van der Waals surface area contributed by atoms with Gasteiger partial charge in [-0.25, -0.2) is 14.6 Å². The minimum Gasteiger partial charge on any atom is -0.471 e. The number of likely N-dealkylation sites (tertiary alicyclic amines) is 1. The van der Waals surface area contributed by atoms with E-state index in [0.717, 1.165) is 12.8 Å². The molecule has 10 nitrogen and oxygen atoms in total. The summed E-state index contributed by atoms with van der Waals surface area (Å²) >= 11 is 6.25. The van der Waals surface area contributed by atoms with Crippen molar-refractivity contribution in [2.24, 2.45) is 11.8 Å². The van der Waals surface area contributed by atoms with E-state index >= 15 is 4.39 Å². The molecule has 1 saturated carbocycles. The Labute approximate surface area is 212 Å². The Hall–Kier alpha value is -3.18. The number of benzene rings is 1. The first kappa shape index (κ1) is 24.5. The van der Waals surface area contributed by atoms with Crippen molar-refractivity contribution in [2.75, 3.05) is 38.7 Å². The van der Waals surface area contributed by atoms with Gasteiger partial charge in [0.05, 0.1) is 36.6 Å². The molecule has 2 aliphatic heterocycles. The van der Waals surface area contributed by atoms with Crippen LogP contribution in [0, 0.1) is 17.7 Å². The van der Waals surface area contributed by atoms with E-state index in [1.807, 2.05) is 6.92 Å². The molecule has 1 amide bonds. The van der Waals surface area contributed by atoms with Crippen LogP contribution in [0.2, 0.25) is 5.02 Å². The number of rotatable bonds is 6. The van der Waals surface area contributed by atoms with Gasteiger partial charge in [0.15, 0.2) is 5.82 Å². The van der Waals surface area contributed by atoms with Crippen molar-refractivity contribution in [2.45, 2.75) is 31.5 Å². The number of nitrogens with one attached hydrogen (secondary N) is 1. The first-order chi connectivity index (χ1) is 17.3. The number of carbonyl (C=O) groups excluding carboxylic acids is 2. The normalized spacial score (nSPS) is 24.0. The molecule has 1 aromatic heterocycles. The number of anilines is 2. The van der Waals surface area contributed by atoms with Crippen LogP contribution in [0.3, 0.4) is 0 Å². The zero-order valence-corrected chi connectivity index (χ0v) is 20.6. The molecule has 5 rings (SSSR count). The standard InChI is InChI=1S/C24H26ClFN4O6/c1-24(5-6-24)36-23(32)30-8-14-10-34-11-15(9-30)19(14)35-21-18(26)20(27-12-28-21)29-17-4-3-13(7-16(17)25)22(31)33-2/h3-4,7,12,14-15,19H,5-6,8-11H2,1-2H3,(H,27,28,29). The molecule has 3 heterocycles. The number of amides is 1. The van der Waals surface area contributed by atoms with Gasteiger partial charge in [0.1, 0.15) is 18.0 Å². The Kier molecular flexibility index (Phi) is 6.60. The van der Waals surface area contributed by atoms with Crippen LogP contribution in [0.5, 0.6) is 5.88 Å². The van der Waals surface area contributed by atoms with Gasteiger partial charge in [-0.15, -0.1) is 0 Å². The SMILES string of the molecule is COC(=O)c1ccc(Nc2ncnc(OC3C4COCC3CN(C(=O)OC3(C)CC3)C4)c2F)c(Cl)c1. The van der Waals surface area contributed by atoms with E-state index in [-0.39, 0.29) is 51.9 Å². The third-order valence-electron chi connectivity index (χ3n) is 6.70. The minimum atomic E-state index is -0.784. The number of methoxy groups -OCH3 is 1. The molecular weight excluding hydrogens is 495 g/mol. The second-order valence-corrected chi connectivity index (χ2v) is 9.92. The fourth-order valence-corrected chi connectivity index (χ4v) is 4.66. The smallest absolute Gasteiger partial charge is 0.410 e. The fraction of sp³-hybridized carbons (Fsp3) is 0.500. The van der Waals surface area contributed by atoms with Crippen LogP contribution in [0.4, 0.5) is 20.7 Å². The van der Waals surface area contributed by atoms with Crippen LogP contribution >= 0.6 is 11.6 Å². The van der Waals surface area contributed by atoms with Crippen molar-refractivity contribution >= 4 is 35.2 Å². The lowest BCUT2D eigenvalue weighted by molar-refractivity contribution is -0.112. The first-order valence-electron chi connectivity index (χ1n) is 11.6. The number of esters is 1.